The second-order valence-electron chi connectivity index (χ2n) is 5.68. The molecule has 124 valence electrons. The summed E-state index contributed by atoms with van der Waals surface area (Å²) in [5.41, 5.74) is 0.813. The number of likely N-dealkylation sites (N-methyl/N-ethyl adjacent to an activating group) is 1. The molecule has 0 radical (unpaired) electrons. The zero-order valence-electron chi connectivity index (χ0n) is 14.1. The maximum Gasteiger partial charge on any atom is 0.249 e. The van der Waals surface area contributed by atoms with E-state index < -0.39 is 0 Å². The van der Waals surface area contributed by atoms with Gasteiger partial charge in [0.15, 0.2) is 5.82 Å². The molecule has 0 aliphatic carbocycles. The van der Waals surface area contributed by atoms with Crippen molar-refractivity contribution in [3.63, 3.8) is 0 Å². The van der Waals surface area contributed by atoms with E-state index in [-0.39, 0.29) is 6.10 Å². The van der Waals surface area contributed by atoms with Crippen molar-refractivity contribution in [3.05, 3.63) is 30.5 Å². The molecule has 0 aliphatic heterocycles. The second-order valence-corrected chi connectivity index (χ2v) is 5.68. The average molecular weight is 316 g/mol. The van der Waals surface area contributed by atoms with Gasteiger partial charge in [0.05, 0.1) is 18.0 Å². The summed E-state index contributed by atoms with van der Waals surface area (Å²) < 4.78 is 5.78. The lowest BCUT2D eigenvalue weighted by Crippen LogP contribution is -2.21. The van der Waals surface area contributed by atoms with Gasteiger partial charge in [-0.3, -0.25) is 0 Å². The van der Waals surface area contributed by atoms with E-state index >= 15 is 0 Å². The number of benzene rings is 1. The monoisotopic (exact) mass is 316 g/mol. The molecule has 2 rings (SSSR count). The Morgan fingerprint density at radius 2 is 2.00 bits per heavy atom. The van der Waals surface area contributed by atoms with E-state index in [1.807, 2.05) is 52.2 Å². The smallest absolute Gasteiger partial charge is 0.249 e. The summed E-state index contributed by atoms with van der Waals surface area (Å²) in [7, 11) is 4.05. The summed E-state index contributed by atoms with van der Waals surface area (Å²) in [6, 6.07) is 7.70. The van der Waals surface area contributed by atoms with Crippen LogP contribution in [0, 0.1) is 0 Å². The summed E-state index contributed by atoms with van der Waals surface area (Å²) in [5.74, 6) is 1.88. The second kappa shape index (κ2) is 8.28. The molecule has 7 heteroatoms. The third-order valence-electron chi connectivity index (χ3n) is 2.92. The summed E-state index contributed by atoms with van der Waals surface area (Å²) in [4.78, 5) is 6.51. The minimum absolute atomic E-state index is 0.0935. The minimum Gasteiger partial charge on any atom is -0.489 e. The largest absolute Gasteiger partial charge is 0.489 e. The highest BCUT2D eigenvalue weighted by molar-refractivity contribution is 5.62. The Bertz CT molecular complexity index is 617. The molecule has 0 amide bonds. The fourth-order valence-corrected chi connectivity index (χ4v) is 1.90. The Hall–Kier alpha value is -2.41. The van der Waals surface area contributed by atoms with Gasteiger partial charge >= 0.3 is 0 Å². The van der Waals surface area contributed by atoms with Gasteiger partial charge in [-0.25, -0.2) is 0 Å². The molecule has 0 saturated carbocycles. The Morgan fingerprint density at radius 3 is 2.74 bits per heavy atom. The topological polar surface area (TPSA) is 75.2 Å². The molecule has 0 spiro atoms. The first-order chi connectivity index (χ1) is 11.0. The Kier molecular flexibility index (Phi) is 6.10. The Labute approximate surface area is 137 Å². The molecule has 0 aliphatic rings. The van der Waals surface area contributed by atoms with E-state index in [2.05, 4.69) is 30.7 Å². The van der Waals surface area contributed by atoms with Crippen molar-refractivity contribution in [1.29, 1.82) is 0 Å². The average Bonchev–Trinajstić information content (AvgIpc) is 2.49. The minimum atomic E-state index is 0.0935. The number of nitrogens with one attached hydrogen (secondary N) is 2. The van der Waals surface area contributed by atoms with E-state index in [4.69, 9.17) is 4.74 Å². The fraction of sp³-hybridized carbons (Fsp3) is 0.438. The van der Waals surface area contributed by atoms with Crippen molar-refractivity contribution in [2.45, 2.75) is 20.0 Å². The lowest BCUT2D eigenvalue weighted by atomic mass is 10.3. The lowest BCUT2D eigenvalue weighted by molar-refractivity contribution is 0.244. The highest BCUT2D eigenvalue weighted by Crippen LogP contribution is 2.27. The van der Waals surface area contributed by atoms with Crippen LogP contribution in [0.2, 0.25) is 0 Å². The number of ether oxygens (including phenoxy) is 1. The molecule has 1 aromatic carbocycles. The molecule has 0 atom stereocenters. The van der Waals surface area contributed by atoms with E-state index in [1.54, 1.807) is 6.20 Å². The summed E-state index contributed by atoms with van der Waals surface area (Å²) in [5, 5.41) is 14.4. The first kappa shape index (κ1) is 17.0. The van der Waals surface area contributed by atoms with E-state index in [0.29, 0.717) is 11.8 Å². The van der Waals surface area contributed by atoms with Crippen LogP contribution in [0.25, 0.3) is 0 Å². The molecule has 7 nitrogen and oxygen atoms in total. The van der Waals surface area contributed by atoms with Gasteiger partial charge in [-0.1, -0.05) is 12.1 Å². The quantitative estimate of drug-likeness (QED) is 0.774. The van der Waals surface area contributed by atoms with E-state index in [0.717, 1.165) is 24.5 Å². The van der Waals surface area contributed by atoms with Gasteiger partial charge in [0.25, 0.3) is 0 Å². The van der Waals surface area contributed by atoms with Crippen LogP contribution in [0.4, 0.5) is 17.5 Å². The number of rotatable bonds is 8. The van der Waals surface area contributed by atoms with Crippen LogP contribution in [-0.2, 0) is 0 Å². The first-order valence-electron chi connectivity index (χ1n) is 7.65. The van der Waals surface area contributed by atoms with Crippen LogP contribution in [0.3, 0.4) is 0 Å². The molecule has 0 fully saturated rings. The molecule has 0 saturated heterocycles. The number of nitrogens with zero attached hydrogens (tertiary/aromatic N) is 4. The molecule has 0 unspecified atom stereocenters. The molecule has 23 heavy (non-hydrogen) atoms. The molecular formula is C16H24N6O. The van der Waals surface area contributed by atoms with Crippen LogP contribution < -0.4 is 15.4 Å². The standard InChI is InChI=1S/C16H24N6O/c1-12(2)23-14-8-6-5-7-13(14)19-16-20-15(11-18-21-16)17-9-10-22(3)4/h5-8,11-12H,9-10H2,1-4H3,(H2,17,19,20,21). The predicted octanol–water partition coefficient (Wildman–Crippen LogP) is 2.38. The number of aromatic nitrogens is 3. The third-order valence-corrected chi connectivity index (χ3v) is 2.92. The fourth-order valence-electron chi connectivity index (χ4n) is 1.90. The molecule has 1 aromatic heterocycles. The highest BCUT2D eigenvalue weighted by Gasteiger charge is 2.07. The van der Waals surface area contributed by atoms with Gasteiger partial charge in [0.1, 0.15) is 5.75 Å². The van der Waals surface area contributed by atoms with Gasteiger partial charge in [-0.15, -0.1) is 5.10 Å². The highest BCUT2D eigenvalue weighted by atomic mass is 16.5. The number of hydrogen-bond acceptors (Lipinski definition) is 7. The van der Waals surface area contributed by atoms with Gasteiger partial charge < -0.3 is 20.3 Å². The van der Waals surface area contributed by atoms with E-state index in [1.165, 1.54) is 0 Å². The maximum atomic E-state index is 5.78. The summed E-state index contributed by atoms with van der Waals surface area (Å²) in [6.45, 7) is 5.68. The van der Waals surface area contributed by atoms with Crippen LogP contribution >= 0.6 is 0 Å². The SMILES string of the molecule is CC(C)Oc1ccccc1Nc1nncc(NCCN(C)C)n1. The van der Waals surface area contributed by atoms with Gasteiger partial charge in [0.2, 0.25) is 5.95 Å². The lowest BCUT2D eigenvalue weighted by Gasteiger charge is -2.15. The van der Waals surface area contributed by atoms with Crippen LogP contribution in [-0.4, -0.2) is 53.4 Å². The number of para-hydroxylation sites is 2. The van der Waals surface area contributed by atoms with Crippen molar-refractivity contribution in [2.24, 2.45) is 0 Å². The molecule has 2 N–H and O–H groups in total. The molecule has 0 bridgehead atoms. The van der Waals surface area contributed by atoms with Crippen molar-refractivity contribution < 1.29 is 4.74 Å². The summed E-state index contributed by atoms with van der Waals surface area (Å²) in [6.07, 6.45) is 1.70. The van der Waals surface area contributed by atoms with Gasteiger partial charge in [-0.05, 0) is 40.1 Å². The van der Waals surface area contributed by atoms with Crippen LogP contribution in [0.5, 0.6) is 5.75 Å². The van der Waals surface area contributed by atoms with Crippen LogP contribution in [0.1, 0.15) is 13.8 Å². The van der Waals surface area contributed by atoms with Crippen LogP contribution in [0.15, 0.2) is 30.5 Å². The van der Waals surface area contributed by atoms with Gasteiger partial charge in [-0.2, -0.15) is 10.1 Å². The third kappa shape index (κ3) is 5.71. The van der Waals surface area contributed by atoms with Gasteiger partial charge in [0, 0.05) is 13.1 Å². The summed E-state index contributed by atoms with van der Waals surface area (Å²) >= 11 is 0. The zero-order valence-corrected chi connectivity index (χ0v) is 14.1. The molecule has 2 aromatic rings. The van der Waals surface area contributed by atoms with E-state index in [9.17, 15) is 0 Å². The van der Waals surface area contributed by atoms with Crippen molar-refractivity contribution in [2.75, 3.05) is 37.8 Å². The number of hydrogen-bond donors (Lipinski definition) is 2. The van der Waals surface area contributed by atoms with Crippen molar-refractivity contribution in [1.82, 2.24) is 20.1 Å². The molecular weight excluding hydrogens is 292 g/mol. The molecule has 1 heterocycles. The maximum absolute atomic E-state index is 5.78. The normalized spacial score (nSPS) is 10.9. The van der Waals surface area contributed by atoms with Crippen molar-refractivity contribution >= 4 is 17.5 Å². The number of anilines is 3. The van der Waals surface area contributed by atoms with Crippen molar-refractivity contribution in [3.8, 4) is 5.75 Å². The Morgan fingerprint density at radius 1 is 1.22 bits per heavy atom. The zero-order chi connectivity index (χ0) is 16.7. The first-order valence-corrected chi connectivity index (χ1v) is 7.65. The Balaban J connectivity index is 2.06. The predicted molar refractivity (Wildman–Crippen MR) is 92.4 cm³/mol.